The summed E-state index contributed by atoms with van der Waals surface area (Å²) in [7, 11) is 0. The van der Waals surface area contributed by atoms with Gasteiger partial charge in [0.15, 0.2) is 0 Å². The van der Waals surface area contributed by atoms with E-state index in [-0.39, 0.29) is 19.3 Å². The predicted molar refractivity (Wildman–Crippen MR) is 65.3 cm³/mol. The van der Waals surface area contributed by atoms with Crippen LogP contribution >= 0.6 is 0 Å². The molecule has 1 rings (SSSR count). The molecule has 0 amide bonds. The van der Waals surface area contributed by atoms with Crippen LogP contribution < -0.4 is 5.32 Å². The highest BCUT2D eigenvalue weighted by Crippen LogP contribution is 2.14. The third-order valence-corrected chi connectivity index (χ3v) is 2.68. The Hall–Kier alpha value is -0.900. The van der Waals surface area contributed by atoms with Crippen molar-refractivity contribution in [1.82, 2.24) is 5.32 Å². The summed E-state index contributed by atoms with van der Waals surface area (Å²) in [6.45, 7) is 4.92. The molecule has 3 heteroatoms. The van der Waals surface area contributed by atoms with Crippen LogP contribution in [0.2, 0.25) is 0 Å². The summed E-state index contributed by atoms with van der Waals surface area (Å²) in [5.41, 5.74) is 2.49. The maximum Gasteiger partial charge on any atom is 0.0607 e. The average Bonchev–Trinajstić information content (AvgIpc) is 2.31. The molecule has 0 unspecified atom stereocenters. The first kappa shape index (κ1) is 13.2. The Labute approximate surface area is 97.1 Å². The van der Waals surface area contributed by atoms with E-state index in [1.807, 2.05) is 0 Å². The lowest BCUT2D eigenvalue weighted by Gasteiger charge is -2.13. The molecule has 0 aromatic heterocycles. The van der Waals surface area contributed by atoms with Gasteiger partial charge in [0.05, 0.1) is 19.3 Å². The summed E-state index contributed by atoms with van der Waals surface area (Å²) < 4.78 is 0. The van der Waals surface area contributed by atoms with E-state index in [2.05, 4.69) is 43.4 Å². The lowest BCUT2D eigenvalue weighted by atomic mass is 10.0. The minimum atomic E-state index is -0.232. The van der Waals surface area contributed by atoms with E-state index in [9.17, 15) is 0 Å². The molecule has 0 bridgehead atoms. The molecule has 0 fully saturated rings. The van der Waals surface area contributed by atoms with Crippen LogP contribution in [0.15, 0.2) is 24.3 Å². The zero-order valence-corrected chi connectivity index (χ0v) is 9.98. The van der Waals surface area contributed by atoms with Crippen LogP contribution in [0, 0.1) is 0 Å². The molecule has 0 heterocycles. The topological polar surface area (TPSA) is 52.5 Å². The van der Waals surface area contributed by atoms with Crippen LogP contribution in [-0.4, -0.2) is 29.5 Å². The number of aliphatic hydroxyl groups excluding tert-OH is 2. The molecule has 0 spiro atoms. The normalized spacial score (nSPS) is 11.4. The predicted octanol–water partition coefficient (Wildman–Crippen LogP) is 1.25. The number of hydrogen-bond acceptors (Lipinski definition) is 3. The van der Waals surface area contributed by atoms with E-state index in [0.29, 0.717) is 12.5 Å². The maximum atomic E-state index is 8.90. The zero-order chi connectivity index (χ0) is 12.0. The highest BCUT2D eigenvalue weighted by atomic mass is 16.3. The van der Waals surface area contributed by atoms with Gasteiger partial charge in [-0.1, -0.05) is 38.1 Å². The number of aliphatic hydroxyl groups is 2. The summed E-state index contributed by atoms with van der Waals surface area (Å²) in [5, 5.41) is 20.9. The van der Waals surface area contributed by atoms with E-state index in [1.54, 1.807) is 0 Å². The summed E-state index contributed by atoms with van der Waals surface area (Å²) in [5.74, 6) is 0.546. The maximum absolute atomic E-state index is 8.90. The minimum absolute atomic E-state index is 0.0411. The van der Waals surface area contributed by atoms with Gasteiger partial charge >= 0.3 is 0 Å². The van der Waals surface area contributed by atoms with Crippen LogP contribution in [0.1, 0.15) is 30.9 Å². The van der Waals surface area contributed by atoms with Gasteiger partial charge < -0.3 is 15.5 Å². The highest BCUT2D eigenvalue weighted by Gasteiger charge is 2.04. The Balaban J connectivity index is 2.49. The molecule has 0 aliphatic carbocycles. The van der Waals surface area contributed by atoms with Crippen LogP contribution in [-0.2, 0) is 6.54 Å². The Kier molecular flexibility index (Phi) is 5.46. The molecule has 0 saturated heterocycles. The van der Waals surface area contributed by atoms with Crippen LogP contribution in [0.25, 0.3) is 0 Å². The molecule has 0 atom stereocenters. The summed E-state index contributed by atoms with van der Waals surface area (Å²) in [6, 6.07) is 8.16. The van der Waals surface area contributed by atoms with Crippen molar-refractivity contribution in [2.24, 2.45) is 0 Å². The van der Waals surface area contributed by atoms with Crippen LogP contribution in [0.4, 0.5) is 0 Å². The lowest BCUT2D eigenvalue weighted by molar-refractivity contribution is 0.170. The minimum Gasteiger partial charge on any atom is -0.395 e. The van der Waals surface area contributed by atoms with Gasteiger partial charge in [0.1, 0.15) is 0 Å². The van der Waals surface area contributed by atoms with Gasteiger partial charge in [-0.25, -0.2) is 0 Å². The fourth-order valence-electron chi connectivity index (χ4n) is 1.47. The largest absolute Gasteiger partial charge is 0.395 e. The van der Waals surface area contributed by atoms with Crippen molar-refractivity contribution < 1.29 is 10.2 Å². The first-order chi connectivity index (χ1) is 7.67. The van der Waals surface area contributed by atoms with E-state index >= 15 is 0 Å². The van der Waals surface area contributed by atoms with Crippen molar-refractivity contribution >= 4 is 0 Å². The Morgan fingerprint density at radius 2 is 1.62 bits per heavy atom. The second kappa shape index (κ2) is 6.63. The molecule has 3 nitrogen and oxygen atoms in total. The van der Waals surface area contributed by atoms with E-state index in [4.69, 9.17) is 10.2 Å². The zero-order valence-electron chi connectivity index (χ0n) is 9.98. The van der Waals surface area contributed by atoms with Crippen LogP contribution in [0.3, 0.4) is 0 Å². The van der Waals surface area contributed by atoms with Crippen molar-refractivity contribution in [1.29, 1.82) is 0 Å². The molecule has 0 aliphatic rings. The number of benzene rings is 1. The standard InChI is InChI=1S/C13H21NO2/c1-10(2)12-5-3-11(4-6-12)7-14-13(8-15)9-16/h3-6,10,13-16H,7-9H2,1-2H3. The van der Waals surface area contributed by atoms with Gasteiger partial charge in [0.25, 0.3) is 0 Å². The van der Waals surface area contributed by atoms with Crippen LogP contribution in [0.5, 0.6) is 0 Å². The molecule has 0 saturated carbocycles. The number of hydrogen-bond donors (Lipinski definition) is 3. The SMILES string of the molecule is CC(C)c1ccc(CNC(CO)CO)cc1. The first-order valence-corrected chi connectivity index (χ1v) is 5.71. The first-order valence-electron chi connectivity index (χ1n) is 5.71. The molecule has 1 aromatic carbocycles. The average molecular weight is 223 g/mol. The van der Waals surface area contributed by atoms with Crippen molar-refractivity contribution in [2.45, 2.75) is 32.4 Å². The molecule has 0 aliphatic heterocycles. The van der Waals surface area contributed by atoms with Crippen molar-refractivity contribution in [3.63, 3.8) is 0 Å². The highest BCUT2D eigenvalue weighted by molar-refractivity contribution is 5.24. The third-order valence-electron chi connectivity index (χ3n) is 2.68. The van der Waals surface area contributed by atoms with Crippen molar-refractivity contribution in [3.05, 3.63) is 35.4 Å². The summed E-state index contributed by atoms with van der Waals surface area (Å²) >= 11 is 0. The Bertz CT molecular complexity index is 291. The quantitative estimate of drug-likeness (QED) is 0.680. The molecule has 90 valence electrons. The van der Waals surface area contributed by atoms with Gasteiger partial charge in [0.2, 0.25) is 0 Å². The molecule has 1 aromatic rings. The summed E-state index contributed by atoms with van der Waals surface area (Å²) in [4.78, 5) is 0. The smallest absolute Gasteiger partial charge is 0.0607 e. The molecular weight excluding hydrogens is 202 g/mol. The molecular formula is C13H21NO2. The molecule has 3 N–H and O–H groups in total. The monoisotopic (exact) mass is 223 g/mol. The Morgan fingerprint density at radius 3 is 2.06 bits per heavy atom. The van der Waals surface area contributed by atoms with Gasteiger partial charge in [0, 0.05) is 6.54 Å². The van der Waals surface area contributed by atoms with Crippen molar-refractivity contribution in [3.8, 4) is 0 Å². The second-order valence-corrected chi connectivity index (χ2v) is 4.34. The lowest BCUT2D eigenvalue weighted by Crippen LogP contribution is -2.35. The molecule has 0 radical (unpaired) electrons. The summed E-state index contributed by atoms with van der Waals surface area (Å²) in [6.07, 6.45) is 0. The fourth-order valence-corrected chi connectivity index (χ4v) is 1.47. The van der Waals surface area contributed by atoms with E-state index in [1.165, 1.54) is 5.56 Å². The number of rotatable bonds is 6. The van der Waals surface area contributed by atoms with Gasteiger partial charge in [-0.05, 0) is 17.0 Å². The Morgan fingerprint density at radius 1 is 1.06 bits per heavy atom. The van der Waals surface area contributed by atoms with E-state index in [0.717, 1.165) is 5.56 Å². The number of nitrogens with one attached hydrogen (secondary N) is 1. The van der Waals surface area contributed by atoms with Gasteiger partial charge in [-0.3, -0.25) is 0 Å². The molecule has 16 heavy (non-hydrogen) atoms. The van der Waals surface area contributed by atoms with Gasteiger partial charge in [-0.15, -0.1) is 0 Å². The van der Waals surface area contributed by atoms with Crippen molar-refractivity contribution in [2.75, 3.05) is 13.2 Å². The second-order valence-electron chi connectivity index (χ2n) is 4.34. The third kappa shape index (κ3) is 3.93. The van der Waals surface area contributed by atoms with Gasteiger partial charge in [-0.2, -0.15) is 0 Å². The van der Waals surface area contributed by atoms with E-state index < -0.39 is 0 Å². The fraction of sp³-hybridized carbons (Fsp3) is 0.538.